The summed E-state index contributed by atoms with van der Waals surface area (Å²) in [5.41, 5.74) is 0.470. The van der Waals surface area contributed by atoms with E-state index >= 15 is 0 Å². The molecule has 1 unspecified atom stereocenters. The summed E-state index contributed by atoms with van der Waals surface area (Å²) in [6.45, 7) is -1.46. The number of aliphatic hydroxyl groups is 1. The molecule has 1 amide bonds. The summed E-state index contributed by atoms with van der Waals surface area (Å²) in [4.78, 5) is 15.6. The number of ether oxygens (including phenoxy) is 1. The van der Waals surface area contributed by atoms with Crippen LogP contribution in [0.4, 0.5) is 8.78 Å². The zero-order chi connectivity index (χ0) is 16.1. The van der Waals surface area contributed by atoms with Crippen LogP contribution in [-0.4, -0.2) is 29.2 Å². The summed E-state index contributed by atoms with van der Waals surface area (Å²) in [6.07, 6.45) is 0.0728. The molecule has 1 aromatic heterocycles. The molecule has 0 fully saturated rings. The molecular formula is C14H14F2N2O4. The monoisotopic (exact) mass is 312 g/mol. The summed E-state index contributed by atoms with van der Waals surface area (Å²) in [5.74, 6) is -0.199. The Balaban J connectivity index is 1.96. The average Bonchev–Trinajstić information content (AvgIpc) is 2.90. The highest BCUT2D eigenvalue weighted by atomic mass is 19.3. The number of aromatic nitrogens is 1. The lowest BCUT2D eigenvalue weighted by Crippen LogP contribution is -2.29. The molecule has 0 saturated carbocycles. The third kappa shape index (κ3) is 4.01. The first-order chi connectivity index (χ1) is 10.5. The van der Waals surface area contributed by atoms with Crippen LogP contribution in [0.15, 0.2) is 35.1 Å². The van der Waals surface area contributed by atoms with Gasteiger partial charge in [0, 0.05) is 6.54 Å². The van der Waals surface area contributed by atoms with Gasteiger partial charge < -0.3 is 19.6 Å². The Morgan fingerprint density at radius 2 is 2.27 bits per heavy atom. The molecule has 0 spiro atoms. The Hall–Kier alpha value is -2.48. The largest absolute Gasteiger partial charge is 0.448 e. The fourth-order valence-corrected chi connectivity index (χ4v) is 1.81. The van der Waals surface area contributed by atoms with Gasteiger partial charge in [0.2, 0.25) is 0 Å². The predicted octanol–water partition coefficient (Wildman–Crippen LogP) is 2.05. The number of hydrogen-bond acceptors (Lipinski definition) is 5. The minimum absolute atomic E-state index is 0.0646. The Morgan fingerprint density at radius 1 is 1.50 bits per heavy atom. The van der Waals surface area contributed by atoms with Crippen molar-refractivity contribution in [3.63, 3.8) is 0 Å². The summed E-state index contributed by atoms with van der Waals surface area (Å²) in [5, 5.41) is 12.5. The fraction of sp³-hybridized carbons (Fsp3) is 0.286. The van der Waals surface area contributed by atoms with Gasteiger partial charge in [-0.15, -0.1) is 0 Å². The van der Waals surface area contributed by atoms with E-state index in [0.717, 1.165) is 6.39 Å². The van der Waals surface area contributed by atoms with E-state index in [1.165, 1.54) is 24.3 Å². The maximum atomic E-state index is 12.1. The van der Waals surface area contributed by atoms with E-state index in [-0.39, 0.29) is 18.0 Å². The van der Waals surface area contributed by atoms with Crippen LogP contribution in [0.1, 0.15) is 27.9 Å². The van der Waals surface area contributed by atoms with Crippen molar-refractivity contribution >= 4 is 5.91 Å². The molecule has 0 saturated heterocycles. The van der Waals surface area contributed by atoms with Crippen molar-refractivity contribution in [3.8, 4) is 5.75 Å². The Labute approximate surface area is 124 Å². The van der Waals surface area contributed by atoms with Gasteiger partial charge in [-0.2, -0.15) is 8.78 Å². The molecule has 118 valence electrons. The van der Waals surface area contributed by atoms with Gasteiger partial charge in [0.05, 0.1) is 6.10 Å². The van der Waals surface area contributed by atoms with Gasteiger partial charge in [-0.1, -0.05) is 12.1 Å². The Morgan fingerprint density at radius 3 is 2.91 bits per heavy atom. The fourth-order valence-electron chi connectivity index (χ4n) is 1.81. The quantitative estimate of drug-likeness (QED) is 0.853. The zero-order valence-corrected chi connectivity index (χ0v) is 11.6. The molecule has 1 atom stereocenters. The number of benzene rings is 1. The minimum Gasteiger partial charge on any atom is -0.448 e. The van der Waals surface area contributed by atoms with Gasteiger partial charge in [-0.25, -0.2) is 4.98 Å². The average molecular weight is 312 g/mol. The summed E-state index contributed by atoms with van der Waals surface area (Å²) < 4.78 is 33.4. The lowest BCUT2D eigenvalue weighted by molar-refractivity contribution is -0.0499. The molecule has 0 aliphatic rings. The molecule has 0 bridgehead atoms. The number of nitrogens with one attached hydrogen (secondary N) is 1. The van der Waals surface area contributed by atoms with E-state index in [0.29, 0.717) is 11.3 Å². The standard InChI is InChI=1S/C14H14F2N2O4/c1-8-12(18-7-21-8)13(20)17-6-11(19)9-3-2-4-10(5-9)22-14(15)16/h2-5,7,11,14,19H,6H2,1H3,(H,17,20). The number of oxazole rings is 1. The Bertz CT molecular complexity index is 645. The van der Waals surface area contributed by atoms with Gasteiger partial charge >= 0.3 is 6.61 Å². The van der Waals surface area contributed by atoms with Crippen LogP contribution in [0.5, 0.6) is 5.75 Å². The van der Waals surface area contributed by atoms with Gasteiger partial charge in [0.15, 0.2) is 12.1 Å². The van der Waals surface area contributed by atoms with Crippen LogP contribution < -0.4 is 10.1 Å². The first-order valence-corrected chi connectivity index (χ1v) is 6.38. The number of halogens is 2. The Kier molecular flexibility index (Phi) is 5.05. The van der Waals surface area contributed by atoms with Crippen molar-refractivity contribution in [1.82, 2.24) is 10.3 Å². The maximum absolute atomic E-state index is 12.1. The van der Waals surface area contributed by atoms with Crippen LogP contribution in [0.25, 0.3) is 0 Å². The van der Waals surface area contributed by atoms with Gasteiger partial charge in [0.1, 0.15) is 11.5 Å². The number of hydrogen-bond donors (Lipinski definition) is 2. The van der Waals surface area contributed by atoms with Crippen molar-refractivity contribution in [2.75, 3.05) is 6.54 Å². The van der Waals surface area contributed by atoms with Crippen LogP contribution in [-0.2, 0) is 0 Å². The van der Waals surface area contributed by atoms with Gasteiger partial charge in [0.25, 0.3) is 5.91 Å². The van der Waals surface area contributed by atoms with Crippen molar-refractivity contribution in [2.45, 2.75) is 19.6 Å². The second-order valence-corrected chi connectivity index (χ2v) is 4.43. The predicted molar refractivity (Wildman–Crippen MR) is 71.6 cm³/mol. The lowest BCUT2D eigenvalue weighted by Gasteiger charge is -2.13. The SMILES string of the molecule is Cc1ocnc1C(=O)NCC(O)c1cccc(OC(F)F)c1. The van der Waals surface area contributed by atoms with E-state index in [1.807, 2.05) is 0 Å². The summed E-state index contributed by atoms with van der Waals surface area (Å²) in [7, 11) is 0. The number of nitrogens with zero attached hydrogens (tertiary/aromatic N) is 1. The zero-order valence-electron chi connectivity index (χ0n) is 11.6. The number of amides is 1. The van der Waals surface area contributed by atoms with Crippen LogP contribution >= 0.6 is 0 Å². The molecule has 8 heteroatoms. The highest BCUT2D eigenvalue weighted by Gasteiger charge is 2.16. The van der Waals surface area contributed by atoms with E-state index < -0.39 is 18.6 Å². The molecule has 6 nitrogen and oxygen atoms in total. The molecule has 2 N–H and O–H groups in total. The van der Waals surface area contributed by atoms with Gasteiger partial charge in [-0.05, 0) is 24.6 Å². The van der Waals surface area contributed by atoms with Crippen LogP contribution in [0.3, 0.4) is 0 Å². The molecule has 1 aromatic carbocycles. The number of aliphatic hydroxyl groups excluding tert-OH is 1. The van der Waals surface area contributed by atoms with Gasteiger partial charge in [-0.3, -0.25) is 4.79 Å². The van der Waals surface area contributed by atoms with Crippen molar-refractivity contribution in [2.24, 2.45) is 0 Å². The third-order valence-electron chi connectivity index (χ3n) is 2.88. The summed E-state index contributed by atoms with van der Waals surface area (Å²) in [6, 6.07) is 5.64. The van der Waals surface area contributed by atoms with E-state index in [9.17, 15) is 18.7 Å². The molecule has 0 radical (unpaired) electrons. The second-order valence-electron chi connectivity index (χ2n) is 4.43. The van der Waals surface area contributed by atoms with E-state index in [1.54, 1.807) is 6.92 Å². The van der Waals surface area contributed by atoms with Crippen LogP contribution in [0.2, 0.25) is 0 Å². The highest BCUT2D eigenvalue weighted by Crippen LogP contribution is 2.20. The molecule has 2 aromatic rings. The first kappa shape index (κ1) is 15.9. The molecule has 22 heavy (non-hydrogen) atoms. The normalized spacial score (nSPS) is 12.2. The lowest BCUT2D eigenvalue weighted by atomic mass is 10.1. The third-order valence-corrected chi connectivity index (χ3v) is 2.88. The van der Waals surface area contributed by atoms with Crippen molar-refractivity contribution in [1.29, 1.82) is 0 Å². The maximum Gasteiger partial charge on any atom is 0.387 e. The topological polar surface area (TPSA) is 84.6 Å². The van der Waals surface area contributed by atoms with Crippen molar-refractivity contribution in [3.05, 3.63) is 47.7 Å². The van der Waals surface area contributed by atoms with E-state index in [2.05, 4.69) is 15.0 Å². The van der Waals surface area contributed by atoms with Crippen molar-refractivity contribution < 1.29 is 27.8 Å². The smallest absolute Gasteiger partial charge is 0.387 e. The first-order valence-electron chi connectivity index (χ1n) is 6.38. The number of carbonyl (C=O) groups excluding carboxylic acids is 1. The van der Waals surface area contributed by atoms with Crippen LogP contribution in [0, 0.1) is 6.92 Å². The molecular weight excluding hydrogens is 298 g/mol. The molecule has 0 aliphatic carbocycles. The molecule has 1 heterocycles. The number of carbonyl (C=O) groups is 1. The second kappa shape index (κ2) is 6.99. The summed E-state index contributed by atoms with van der Waals surface area (Å²) >= 11 is 0. The highest BCUT2D eigenvalue weighted by molar-refractivity contribution is 5.93. The van der Waals surface area contributed by atoms with E-state index in [4.69, 9.17) is 4.42 Å². The molecule has 2 rings (SSSR count). The molecule has 0 aliphatic heterocycles. The number of alkyl halides is 2. The number of aryl methyl sites for hydroxylation is 1. The minimum atomic E-state index is -2.94. The number of rotatable bonds is 6.